The topological polar surface area (TPSA) is 30.8 Å². The Hall–Kier alpha value is -0.570. The Morgan fingerprint density at radius 2 is 2.23 bits per heavy atom. The highest BCUT2D eigenvalue weighted by Crippen LogP contribution is 2.25. The van der Waals surface area contributed by atoms with Crippen LogP contribution in [0.1, 0.15) is 27.7 Å². The number of nitrogens with zero attached hydrogens (tertiary/aromatic N) is 1. The lowest BCUT2D eigenvalue weighted by molar-refractivity contribution is 0.163. The molecule has 0 radical (unpaired) electrons. The van der Waals surface area contributed by atoms with E-state index in [1.165, 1.54) is 0 Å². The summed E-state index contributed by atoms with van der Waals surface area (Å²) in [5, 5.41) is 0. The van der Waals surface area contributed by atoms with Crippen LogP contribution >= 0.6 is 0 Å². The number of hydrogen-bond acceptors (Lipinski definition) is 3. The van der Waals surface area contributed by atoms with Crippen molar-refractivity contribution in [2.75, 3.05) is 19.8 Å². The second-order valence-electron chi connectivity index (χ2n) is 4.35. The van der Waals surface area contributed by atoms with Crippen LogP contribution in [0.4, 0.5) is 0 Å². The number of ether oxygens (including phenoxy) is 2. The summed E-state index contributed by atoms with van der Waals surface area (Å²) in [6.45, 7) is 10.4. The predicted molar refractivity (Wildman–Crippen MR) is 53.1 cm³/mol. The van der Waals surface area contributed by atoms with Gasteiger partial charge in [0.05, 0.1) is 6.04 Å². The third kappa shape index (κ3) is 2.99. The molecule has 0 spiro atoms. The van der Waals surface area contributed by atoms with E-state index in [1.54, 1.807) is 0 Å². The minimum atomic E-state index is 0.188. The molecule has 0 bridgehead atoms. The third-order valence-electron chi connectivity index (χ3n) is 2.14. The highest BCUT2D eigenvalue weighted by atomic mass is 16.5. The van der Waals surface area contributed by atoms with Gasteiger partial charge in [0, 0.05) is 6.61 Å². The van der Waals surface area contributed by atoms with Gasteiger partial charge in [0.1, 0.15) is 13.2 Å². The largest absolute Gasteiger partial charge is 0.477 e. The predicted octanol–water partition coefficient (Wildman–Crippen LogP) is 1.87. The lowest BCUT2D eigenvalue weighted by Gasteiger charge is -2.21. The monoisotopic (exact) mass is 185 g/mol. The molecule has 0 N–H and O–H groups in total. The lowest BCUT2D eigenvalue weighted by Crippen LogP contribution is -2.25. The van der Waals surface area contributed by atoms with Gasteiger partial charge >= 0.3 is 0 Å². The van der Waals surface area contributed by atoms with Crippen molar-refractivity contribution in [3.63, 3.8) is 0 Å². The van der Waals surface area contributed by atoms with Crippen molar-refractivity contribution in [3.8, 4) is 0 Å². The zero-order chi connectivity index (χ0) is 9.90. The Labute approximate surface area is 80.1 Å². The molecular formula is C10H19NO2. The average Bonchev–Trinajstić information content (AvgIpc) is 2.47. The molecule has 0 aromatic heterocycles. The standard InChI is InChI=1S/C10H19NO2/c1-5-12-7-9-11-8(6-13-9)10(2,3)4/h8H,5-7H2,1-4H3/t8-/m0/s1. The van der Waals surface area contributed by atoms with E-state index >= 15 is 0 Å². The van der Waals surface area contributed by atoms with Crippen molar-refractivity contribution >= 4 is 5.90 Å². The second kappa shape index (κ2) is 4.09. The van der Waals surface area contributed by atoms with E-state index in [0.29, 0.717) is 19.8 Å². The Morgan fingerprint density at radius 3 is 2.69 bits per heavy atom. The van der Waals surface area contributed by atoms with Gasteiger partial charge in [0.15, 0.2) is 0 Å². The fourth-order valence-electron chi connectivity index (χ4n) is 1.14. The first kappa shape index (κ1) is 10.5. The van der Waals surface area contributed by atoms with Gasteiger partial charge in [-0.25, -0.2) is 4.99 Å². The number of hydrogen-bond donors (Lipinski definition) is 0. The van der Waals surface area contributed by atoms with Crippen LogP contribution in [0.5, 0.6) is 0 Å². The van der Waals surface area contributed by atoms with Gasteiger partial charge in [-0.3, -0.25) is 0 Å². The first-order valence-electron chi connectivity index (χ1n) is 4.81. The Bertz CT molecular complexity index is 194. The van der Waals surface area contributed by atoms with Crippen LogP contribution in [0, 0.1) is 5.41 Å². The van der Waals surface area contributed by atoms with Crippen molar-refractivity contribution in [3.05, 3.63) is 0 Å². The van der Waals surface area contributed by atoms with Gasteiger partial charge in [-0.1, -0.05) is 20.8 Å². The molecule has 3 heteroatoms. The molecule has 13 heavy (non-hydrogen) atoms. The lowest BCUT2D eigenvalue weighted by atomic mass is 9.88. The van der Waals surface area contributed by atoms with Gasteiger partial charge in [0.25, 0.3) is 0 Å². The minimum Gasteiger partial charge on any atom is -0.477 e. The molecule has 1 heterocycles. The Kier molecular flexibility index (Phi) is 3.31. The summed E-state index contributed by atoms with van der Waals surface area (Å²) in [6, 6.07) is 0.281. The third-order valence-corrected chi connectivity index (χ3v) is 2.14. The van der Waals surface area contributed by atoms with E-state index in [9.17, 15) is 0 Å². The molecule has 76 valence electrons. The summed E-state index contributed by atoms with van der Waals surface area (Å²) < 4.78 is 10.6. The second-order valence-corrected chi connectivity index (χ2v) is 4.35. The molecule has 3 nitrogen and oxygen atoms in total. The van der Waals surface area contributed by atoms with Crippen molar-refractivity contribution in [1.82, 2.24) is 0 Å². The molecule has 0 fully saturated rings. The molecule has 1 aliphatic rings. The maximum Gasteiger partial charge on any atom is 0.210 e. The number of aliphatic imine (C=N–C) groups is 1. The maximum atomic E-state index is 5.42. The summed E-state index contributed by atoms with van der Waals surface area (Å²) in [7, 11) is 0. The molecule has 1 atom stereocenters. The van der Waals surface area contributed by atoms with Crippen LogP contribution in [0.3, 0.4) is 0 Å². The molecule has 0 unspecified atom stereocenters. The van der Waals surface area contributed by atoms with Crippen LogP contribution in [0.15, 0.2) is 4.99 Å². The molecule has 0 amide bonds. The molecule has 0 aliphatic carbocycles. The fraction of sp³-hybridized carbons (Fsp3) is 0.900. The van der Waals surface area contributed by atoms with Crippen molar-refractivity contribution < 1.29 is 9.47 Å². The van der Waals surface area contributed by atoms with Crippen LogP contribution in [-0.2, 0) is 9.47 Å². The quantitative estimate of drug-likeness (QED) is 0.672. The smallest absolute Gasteiger partial charge is 0.210 e. The molecular weight excluding hydrogens is 166 g/mol. The van der Waals surface area contributed by atoms with E-state index in [4.69, 9.17) is 9.47 Å². The maximum absolute atomic E-state index is 5.42. The van der Waals surface area contributed by atoms with E-state index in [0.717, 1.165) is 5.90 Å². The normalized spacial score (nSPS) is 22.8. The average molecular weight is 185 g/mol. The van der Waals surface area contributed by atoms with Crippen LogP contribution < -0.4 is 0 Å². The zero-order valence-corrected chi connectivity index (χ0v) is 8.96. The van der Waals surface area contributed by atoms with Gasteiger partial charge in [0.2, 0.25) is 5.90 Å². The highest BCUT2D eigenvalue weighted by molar-refractivity contribution is 5.79. The molecule has 0 saturated heterocycles. The first-order chi connectivity index (χ1) is 6.04. The van der Waals surface area contributed by atoms with Gasteiger partial charge < -0.3 is 9.47 Å². The highest BCUT2D eigenvalue weighted by Gasteiger charge is 2.29. The van der Waals surface area contributed by atoms with Crippen LogP contribution in [-0.4, -0.2) is 31.8 Å². The van der Waals surface area contributed by atoms with E-state index in [-0.39, 0.29) is 11.5 Å². The Balaban J connectivity index is 2.44. The summed E-state index contributed by atoms with van der Waals surface area (Å²) in [5.74, 6) is 0.752. The van der Waals surface area contributed by atoms with Gasteiger partial charge in [-0.2, -0.15) is 0 Å². The van der Waals surface area contributed by atoms with Crippen LogP contribution in [0.2, 0.25) is 0 Å². The molecule has 0 aromatic carbocycles. The Morgan fingerprint density at radius 1 is 1.54 bits per heavy atom. The summed E-state index contributed by atoms with van der Waals surface area (Å²) in [6.07, 6.45) is 0. The van der Waals surface area contributed by atoms with Gasteiger partial charge in [-0.05, 0) is 12.3 Å². The van der Waals surface area contributed by atoms with E-state index < -0.39 is 0 Å². The summed E-state index contributed by atoms with van der Waals surface area (Å²) >= 11 is 0. The van der Waals surface area contributed by atoms with E-state index in [2.05, 4.69) is 25.8 Å². The molecule has 0 aromatic rings. The number of rotatable bonds is 3. The van der Waals surface area contributed by atoms with Crippen molar-refractivity contribution in [2.45, 2.75) is 33.7 Å². The molecule has 0 saturated carbocycles. The SMILES string of the molecule is CCOCC1=N[C@H](C(C)(C)C)CO1. The molecule has 1 rings (SSSR count). The molecule has 1 aliphatic heterocycles. The van der Waals surface area contributed by atoms with Crippen molar-refractivity contribution in [1.29, 1.82) is 0 Å². The zero-order valence-electron chi connectivity index (χ0n) is 8.96. The summed E-state index contributed by atoms with van der Waals surface area (Å²) in [5.41, 5.74) is 0.188. The fourth-order valence-corrected chi connectivity index (χ4v) is 1.14. The van der Waals surface area contributed by atoms with E-state index in [1.807, 2.05) is 6.92 Å². The first-order valence-corrected chi connectivity index (χ1v) is 4.81. The van der Waals surface area contributed by atoms with Crippen LogP contribution in [0.25, 0.3) is 0 Å². The van der Waals surface area contributed by atoms with Crippen molar-refractivity contribution in [2.24, 2.45) is 10.4 Å². The minimum absolute atomic E-state index is 0.188. The summed E-state index contributed by atoms with van der Waals surface area (Å²) in [4.78, 5) is 4.47. The van der Waals surface area contributed by atoms with Gasteiger partial charge in [-0.15, -0.1) is 0 Å².